The van der Waals surface area contributed by atoms with E-state index < -0.39 is 0 Å². The molecule has 156 valence electrons. The Hall–Kier alpha value is -2.41. The lowest BCUT2D eigenvalue weighted by atomic mass is 10.1. The Bertz CT molecular complexity index is 893. The Morgan fingerprint density at radius 3 is 2.62 bits per heavy atom. The Morgan fingerprint density at radius 2 is 1.90 bits per heavy atom. The number of benzene rings is 1. The van der Waals surface area contributed by atoms with E-state index in [-0.39, 0.29) is 17.6 Å². The van der Waals surface area contributed by atoms with E-state index in [1.165, 1.54) is 31.5 Å². The maximum Gasteiger partial charge on any atom is 0.345 e. The van der Waals surface area contributed by atoms with Gasteiger partial charge in [-0.2, -0.15) is 5.10 Å². The number of carbonyl (C=O) groups is 1. The first-order valence-corrected chi connectivity index (χ1v) is 10.9. The van der Waals surface area contributed by atoms with Crippen molar-refractivity contribution >= 4 is 5.91 Å². The number of aromatic nitrogens is 3. The van der Waals surface area contributed by atoms with Gasteiger partial charge in [-0.05, 0) is 62.9 Å². The third-order valence-corrected chi connectivity index (χ3v) is 6.01. The molecule has 7 nitrogen and oxygen atoms in total. The van der Waals surface area contributed by atoms with Gasteiger partial charge >= 0.3 is 5.69 Å². The van der Waals surface area contributed by atoms with Crippen LogP contribution in [0.4, 0.5) is 0 Å². The van der Waals surface area contributed by atoms with Crippen LogP contribution in [0.3, 0.4) is 0 Å². The number of nitrogens with one attached hydrogen (secondary N) is 1. The molecular formula is C22H31N5O2. The van der Waals surface area contributed by atoms with Crippen LogP contribution in [-0.4, -0.2) is 44.3 Å². The van der Waals surface area contributed by atoms with Crippen LogP contribution < -0.4 is 11.0 Å². The lowest BCUT2D eigenvalue weighted by Crippen LogP contribution is -2.35. The second-order valence-electron chi connectivity index (χ2n) is 8.25. The zero-order valence-corrected chi connectivity index (χ0v) is 17.3. The molecule has 1 aromatic heterocycles. The monoisotopic (exact) mass is 397 g/mol. The number of amides is 1. The van der Waals surface area contributed by atoms with Crippen LogP contribution in [0.25, 0.3) is 0 Å². The predicted octanol–water partition coefficient (Wildman–Crippen LogP) is 2.19. The Balaban J connectivity index is 1.33. The molecule has 2 aliphatic rings. The summed E-state index contributed by atoms with van der Waals surface area (Å²) >= 11 is 0. The van der Waals surface area contributed by atoms with E-state index in [9.17, 15) is 9.59 Å². The highest BCUT2D eigenvalue weighted by molar-refractivity contribution is 5.94. The predicted molar refractivity (Wildman–Crippen MR) is 112 cm³/mol. The Labute approximate surface area is 171 Å². The first kappa shape index (κ1) is 19.9. The highest BCUT2D eigenvalue weighted by Crippen LogP contribution is 2.15. The van der Waals surface area contributed by atoms with Crippen molar-refractivity contribution in [1.82, 2.24) is 24.6 Å². The molecule has 1 saturated heterocycles. The minimum atomic E-state index is -0.0364. The smallest absolute Gasteiger partial charge is 0.345 e. The molecule has 1 unspecified atom stereocenters. The third-order valence-electron chi connectivity index (χ3n) is 6.01. The average molecular weight is 398 g/mol. The van der Waals surface area contributed by atoms with E-state index >= 15 is 0 Å². The van der Waals surface area contributed by atoms with Gasteiger partial charge in [-0.25, -0.2) is 9.48 Å². The molecule has 7 heteroatoms. The van der Waals surface area contributed by atoms with E-state index in [0.717, 1.165) is 31.6 Å². The minimum absolute atomic E-state index is 0.0255. The molecule has 1 atom stereocenters. The number of hydrogen-bond acceptors (Lipinski definition) is 4. The van der Waals surface area contributed by atoms with Crippen LogP contribution in [0, 0.1) is 0 Å². The van der Waals surface area contributed by atoms with Gasteiger partial charge in [0.15, 0.2) is 0 Å². The first-order chi connectivity index (χ1) is 14.1. The quantitative estimate of drug-likeness (QED) is 0.811. The summed E-state index contributed by atoms with van der Waals surface area (Å²) in [7, 11) is 0. The molecule has 1 fully saturated rings. The SMILES string of the molecule is CCCn1nc2n(c1=O)CCC(NC(=O)c1ccc(CN3CCCC3)cc1)CC2. The average Bonchev–Trinajstić information content (AvgIpc) is 3.28. The lowest BCUT2D eigenvalue weighted by molar-refractivity contribution is 0.0933. The Kier molecular flexibility index (Phi) is 6.13. The summed E-state index contributed by atoms with van der Waals surface area (Å²) in [5.41, 5.74) is 1.93. The van der Waals surface area contributed by atoms with Crippen LogP contribution in [-0.2, 0) is 26.1 Å². The summed E-state index contributed by atoms with van der Waals surface area (Å²) in [5.74, 6) is 0.803. The van der Waals surface area contributed by atoms with Crippen molar-refractivity contribution in [1.29, 1.82) is 0 Å². The van der Waals surface area contributed by atoms with Crippen molar-refractivity contribution in [3.63, 3.8) is 0 Å². The minimum Gasteiger partial charge on any atom is -0.349 e. The molecule has 0 spiro atoms. The fourth-order valence-corrected chi connectivity index (χ4v) is 4.36. The molecule has 2 aromatic rings. The number of rotatable bonds is 6. The van der Waals surface area contributed by atoms with Gasteiger partial charge in [-0.1, -0.05) is 19.1 Å². The number of fused-ring (bicyclic) bond motifs is 1. The normalized spacial score (nSPS) is 19.7. The fourth-order valence-electron chi connectivity index (χ4n) is 4.36. The van der Waals surface area contributed by atoms with Crippen LogP contribution in [0.15, 0.2) is 29.1 Å². The van der Waals surface area contributed by atoms with Gasteiger partial charge in [0.05, 0.1) is 0 Å². The summed E-state index contributed by atoms with van der Waals surface area (Å²) in [5, 5.41) is 7.63. The zero-order chi connectivity index (χ0) is 20.2. The number of likely N-dealkylation sites (tertiary alicyclic amines) is 1. The molecular weight excluding hydrogens is 366 g/mol. The number of hydrogen-bond donors (Lipinski definition) is 1. The molecule has 3 heterocycles. The summed E-state index contributed by atoms with van der Waals surface area (Å²) in [6.07, 6.45) is 5.74. The van der Waals surface area contributed by atoms with Gasteiger partial charge in [0.1, 0.15) is 5.82 Å². The largest absolute Gasteiger partial charge is 0.349 e. The molecule has 0 radical (unpaired) electrons. The van der Waals surface area contributed by atoms with Gasteiger partial charge in [0.2, 0.25) is 0 Å². The molecule has 29 heavy (non-hydrogen) atoms. The van der Waals surface area contributed by atoms with Crippen molar-refractivity contribution < 1.29 is 4.79 Å². The number of carbonyl (C=O) groups excluding carboxylic acids is 1. The van der Waals surface area contributed by atoms with Gasteiger partial charge in [-0.3, -0.25) is 14.3 Å². The van der Waals surface area contributed by atoms with Crippen LogP contribution in [0.5, 0.6) is 0 Å². The van der Waals surface area contributed by atoms with E-state index in [0.29, 0.717) is 25.1 Å². The van der Waals surface area contributed by atoms with Crippen molar-refractivity contribution in [3.05, 3.63) is 51.7 Å². The lowest BCUT2D eigenvalue weighted by Gasteiger charge is -2.17. The second kappa shape index (κ2) is 8.95. The summed E-state index contributed by atoms with van der Waals surface area (Å²) in [6.45, 7) is 6.62. The third kappa shape index (κ3) is 4.61. The van der Waals surface area contributed by atoms with Crippen molar-refractivity contribution in [2.75, 3.05) is 13.1 Å². The molecule has 4 rings (SSSR count). The standard InChI is InChI=1S/C22H31N5O2/c1-2-12-27-22(29)26-15-11-19(9-10-20(26)24-27)23-21(28)18-7-5-17(6-8-18)16-25-13-3-4-14-25/h5-8,19H,2-4,9-16H2,1H3,(H,23,28). The van der Waals surface area contributed by atoms with E-state index in [1.807, 2.05) is 19.1 Å². The van der Waals surface area contributed by atoms with Gasteiger partial charge < -0.3 is 5.32 Å². The molecule has 0 saturated carbocycles. The molecule has 0 bridgehead atoms. The molecule has 1 N–H and O–H groups in total. The van der Waals surface area contributed by atoms with Crippen molar-refractivity contribution in [2.45, 2.75) is 71.1 Å². The molecule has 1 amide bonds. The summed E-state index contributed by atoms with van der Waals surface area (Å²) < 4.78 is 3.34. The summed E-state index contributed by atoms with van der Waals surface area (Å²) in [6, 6.07) is 8.03. The maximum absolute atomic E-state index is 12.7. The van der Waals surface area contributed by atoms with Gasteiger partial charge in [0, 0.05) is 37.7 Å². The topological polar surface area (TPSA) is 72.2 Å². The van der Waals surface area contributed by atoms with Gasteiger partial charge in [0.25, 0.3) is 5.91 Å². The molecule has 0 aliphatic carbocycles. The second-order valence-corrected chi connectivity index (χ2v) is 8.25. The Morgan fingerprint density at radius 1 is 1.14 bits per heavy atom. The highest BCUT2D eigenvalue weighted by atomic mass is 16.2. The van der Waals surface area contributed by atoms with Crippen LogP contribution >= 0.6 is 0 Å². The number of nitrogens with zero attached hydrogens (tertiary/aromatic N) is 4. The maximum atomic E-state index is 12.7. The molecule has 2 aliphatic heterocycles. The van der Waals surface area contributed by atoms with Crippen LogP contribution in [0.2, 0.25) is 0 Å². The summed E-state index contributed by atoms with van der Waals surface area (Å²) in [4.78, 5) is 27.6. The van der Waals surface area contributed by atoms with Crippen LogP contribution in [0.1, 0.15) is 60.8 Å². The fraction of sp³-hybridized carbons (Fsp3) is 0.591. The van der Waals surface area contributed by atoms with E-state index in [2.05, 4.69) is 27.4 Å². The first-order valence-electron chi connectivity index (χ1n) is 10.9. The van der Waals surface area contributed by atoms with E-state index in [1.54, 1.807) is 9.25 Å². The number of aryl methyl sites for hydroxylation is 2. The van der Waals surface area contributed by atoms with Gasteiger partial charge in [-0.15, -0.1) is 0 Å². The molecule has 1 aromatic carbocycles. The van der Waals surface area contributed by atoms with Crippen molar-refractivity contribution in [2.24, 2.45) is 0 Å². The zero-order valence-electron chi connectivity index (χ0n) is 17.3. The van der Waals surface area contributed by atoms with Crippen molar-refractivity contribution in [3.8, 4) is 0 Å². The van der Waals surface area contributed by atoms with E-state index in [4.69, 9.17) is 0 Å². The highest BCUT2D eigenvalue weighted by Gasteiger charge is 2.22.